The number of aromatic nitrogens is 1. The predicted octanol–water partition coefficient (Wildman–Crippen LogP) is 17.3. The molecule has 63 heavy (non-hydrogen) atoms. The van der Waals surface area contributed by atoms with E-state index in [1.165, 1.54) is 75.4 Å². The van der Waals surface area contributed by atoms with E-state index >= 15 is 0 Å². The summed E-state index contributed by atoms with van der Waals surface area (Å²) in [5.41, 5.74) is 16.4. The molecule has 0 atom stereocenters. The fourth-order valence-corrected chi connectivity index (χ4v) is 10.8. The van der Waals surface area contributed by atoms with Crippen molar-refractivity contribution in [2.75, 3.05) is 4.90 Å². The van der Waals surface area contributed by atoms with Crippen LogP contribution in [0.25, 0.3) is 92.2 Å². The largest absolute Gasteiger partial charge is 0.309 e. The highest BCUT2D eigenvalue weighted by Crippen LogP contribution is 2.49. The SMILES string of the molecule is c1ccc(-c2ccccc2-c2ccccc2-c2ccccc2N(c2ccc(-c3ccccc3-n3c4ccccc4c4ccccc43)cc2)c2cccc3sc4ccccc4c23)cc1. The lowest BCUT2D eigenvalue weighted by atomic mass is 9.88. The van der Waals surface area contributed by atoms with Crippen molar-refractivity contribution in [3.8, 4) is 50.2 Å². The number of fused-ring (bicyclic) bond motifs is 6. The van der Waals surface area contributed by atoms with Gasteiger partial charge in [-0.1, -0.05) is 188 Å². The van der Waals surface area contributed by atoms with Gasteiger partial charge in [-0.25, -0.2) is 0 Å². The first-order valence-electron chi connectivity index (χ1n) is 21.5. The number of anilines is 3. The van der Waals surface area contributed by atoms with Crippen molar-refractivity contribution < 1.29 is 0 Å². The fourth-order valence-electron chi connectivity index (χ4n) is 9.67. The van der Waals surface area contributed by atoms with Crippen LogP contribution in [-0.2, 0) is 0 Å². The third kappa shape index (κ3) is 6.24. The summed E-state index contributed by atoms with van der Waals surface area (Å²) in [5.74, 6) is 0. The van der Waals surface area contributed by atoms with Crippen LogP contribution < -0.4 is 4.90 Å². The summed E-state index contributed by atoms with van der Waals surface area (Å²) in [6.45, 7) is 0. The molecular weight excluding hydrogens is 781 g/mol. The van der Waals surface area contributed by atoms with Gasteiger partial charge in [0.15, 0.2) is 0 Å². The predicted molar refractivity (Wildman–Crippen MR) is 270 cm³/mol. The zero-order chi connectivity index (χ0) is 41.7. The standard InChI is InChI=1S/C60H40N2S/c1-2-19-41(20-3-1)44-21-4-5-23-46(44)47-24-6-7-25-48(47)49-26-9-14-31-54(49)61(57-34-18-36-59-60(57)52-29-12-17-35-58(52)63-59)43-39-37-42(38-40-43)45-22-8-13-30-53(45)62-55-32-15-10-27-50(55)51-28-11-16-33-56(51)62/h1-40H. The molecule has 0 N–H and O–H groups in total. The summed E-state index contributed by atoms with van der Waals surface area (Å²) in [6, 6.07) is 88.4. The summed E-state index contributed by atoms with van der Waals surface area (Å²) in [4.78, 5) is 2.49. The van der Waals surface area contributed by atoms with Crippen LogP contribution in [-0.4, -0.2) is 4.57 Å². The Kier molecular flexibility index (Phi) is 9.06. The van der Waals surface area contributed by atoms with Crippen LogP contribution in [0.5, 0.6) is 0 Å². The molecule has 296 valence electrons. The average Bonchev–Trinajstić information content (AvgIpc) is 3.91. The highest BCUT2D eigenvalue weighted by atomic mass is 32.1. The van der Waals surface area contributed by atoms with E-state index in [4.69, 9.17) is 0 Å². The molecule has 0 unspecified atom stereocenters. The van der Waals surface area contributed by atoms with Crippen LogP contribution in [0.3, 0.4) is 0 Å². The fraction of sp³-hybridized carbons (Fsp3) is 0. The second kappa shape index (κ2) is 15.5. The Morgan fingerprint density at radius 2 is 0.778 bits per heavy atom. The smallest absolute Gasteiger partial charge is 0.0555 e. The molecule has 0 saturated heterocycles. The van der Waals surface area contributed by atoms with Gasteiger partial charge >= 0.3 is 0 Å². The Labute approximate surface area is 370 Å². The topological polar surface area (TPSA) is 8.17 Å². The Morgan fingerprint density at radius 1 is 0.302 bits per heavy atom. The van der Waals surface area contributed by atoms with E-state index < -0.39 is 0 Å². The normalized spacial score (nSPS) is 11.5. The van der Waals surface area contributed by atoms with Crippen molar-refractivity contribution in [1.29, 1.82) is 0 Å². The number of rotatable bonds is 8. The maximum absolute atomic E-state index is 2.49. The minimum absolute atomic E-state index is 1.09. The highest BCUT2D eigenvalue weighted by molar-refractivity contribution is 7.26. The third-order valence-corrected chi connectivity index (χ3v) is 13.6. The van der Waals surface area contributed by atoms with Crippen LogP contribution in [0.15, 0.2) is 243 Å². The Balaban J connectivity index is 1.06. The van der Waals surface area contributed by atoms with Crippen molar-refractivity contribution in [3.05, 3.63) is 243 Å². The van der Waals surface area contributed by atoms with E-state index in [9.17, 15) is 0 Å². The molecule has 2 heterocycles. The molecule has 0 bridgehead atoms. The van der Waals surface area contributed by atoms with Crippen LogP contribution in [0.4, 0.5) is 17.1 Å². The lowest BCUT2D eigenvalue weighted by molar-refractivity contribution is 1.18. The molecule has 0 radical (unpaired) electrons. The summed E-state index contributed by atoms with van der Waals surface area (Å²) >= 11 is 1.86. The molecule has 0 aliphatic rings. The molecule has 2 aromatic heterocycles. The Morgan fingerprint density at radius 3 is 1.49 bits per heavy atom. The summed E-state index contributed by atoms with van der Waals surface area (Å²) in [7, 11) is 0. The monoisotopic (exact) mass is 820 g/mol. The Bertz CT molecular complexity index is 3580. The van der Waals surface area contributed by atoms with Crippen molar-refractivity contribution in [2.24, 2.45) is 0 Å². The van der Waals surface area contributed by atoms with E-state index in [1.54, 1.807) is 0 Å². The second-order valence-electron chi connectivity index (χ2n) is 16.0. The summed E-state index contributed by atoms with van der Waals surface area (Å²) < 4.78 is 4.98. The molecule has 10 aromatic carbocycles. The third-order valence-electron chi connectivity index (χ3n) is 12.4. The number of hydrogen-bond donors (Lipinski definition) is 0. The summed E-state index contributed by atoms with van der Waals surface area (Å²) in [5, 5.41) is 5.04. The zero-order valence-electron chi connectivity index (χ0n) is 34.4. The molecule has 0 aliphatic carbocycles. The molecule has 12 rings (SSSR count). The second-order valence-corrected chi connectivity index (χ2v) is 17.1. The molecule has 0 saturated carbocycles. The first-order chi connectivity index (χ1) is 31.3. The lowest BCUT2D eigenvalue weighted by Crippen LogP contribution is -2.11. The van der Waals surface area contributed by atoms with Gasteiger partial charge in [-0.2, -0.15) is 0 Å². The zero-order valence-corrected chi connectivity index (χ0v) is 35.2. The number of para-hydroxylation sites is 4. The van der Waals surface area contributed by atoms with Gasteiger partial charge in [0.25, 0.3) is 0 Å². The van der Waals surface area contributed by atoms with Crippen LogP contribution >= 0.6 is 11.3 Å². The summed E-state index contributed by atoms with van der Waals surface area (Å²) in [6.07, 6.45) is 0. The quantitative estimate of drug-likeness (QED) is 0.148. The van der Waals surface area contributed by atoms with Gasteiger partial charge in [-0.3, -0.25) is 0 Å². The molecule has 2 nitrogen and oxygen atoms in total. The van der Waals surface area contributed by atoms with Crippen LogP contribution in [0.1, 0.15) is 0 Å². The van der Waals surface area contributed by atoms with E-state index in [0.29, 0.717) is 0 Å². The van der Waals surface area contributed by atoms with Gasteiger partial charge in [0.05, 0.1) is 28.1 Å². The van der Waals surface area contributed by atoms with Gasteiger partial charge in [0.1, 0.15) is 0 Å². The van der Waals surface area contributed by atoms with Crippen molar-refractivity contribution >= 4 is 70.4 Å². The molecule has 0 aliphatic heterocycles. The van der Waals surface area contributed by atoms with Crippen LogP contribution in [0, 0.1) is 0 Å². The minimum atomic E-state index is 1.09. The first kappa shape index (κ1) is 36.8. The van der Waals surface area contributed by atoms with E-state index in [-0.39, 0.29) is 0 Å². The molecule has 0 spiro atoms. The highest BCUT2D eigenvalue weighted by Gasteiger charge is 2.23. The first-order valence-corrected chi connectivity index (χ1v) is 22.3. The Hall–Kier alpha value is -7.98. The van der Waals surface area contributed by atoms with Gasteiger partial charge in [-0.15, -0.1) is 11.3 Å². The van der Waals surface area contributed by atoms with Gasteiger partial charge in [-0.05, 0) is 88.0 Å². The van der Waals surface area contributed by atoms with Gasteiger partial charge in [0.2, 0.25) is 0 Å². The number of hydrogen-bond acceptors (Lipinski definition) is 2. The van der Waals surface area contributed by atoms with Crippen LogP contribution in [0.2, 0.25) is 0 Å². The maximum atomic E-state index is 2.49. The number of nitrogens with zero attached hydrogens (tertiary/aromatic N) is 2. The molecule has 3 heteroatoms. The minimum Gasteiger partial charge on any atom is -0.309 e. The molecule has 0 amide bonds. The van der Waals surface area contributed by atoms with E-state index in [1.807, 2.05) is 11.3 Å². The molecular formula is C60H40N2S. The molecule has 0 fully saturated rings. The average molecular weight is 821 g/mol. The van der Waals surface area contributed by atoms with Crippen molar-refractivity contribution in [3.63, 3.8) is 0 Å². The number of thiophene rings is 1. The van der Waals surface area contributed by atoms with Gasteiger partial charge < -0.3 is 9.47 Å². The number of benzene rings is 10. The van der Waals surface area contributed by atoms with E-state index in [2.05, 4.69) is 252 Å². The van der Waals surface area contributed by atoms with Crippen molar-refractivity contribution in [1.82, 2.24) is 4.57 Å². The lowest BCUT2D eigenvalue weighted by Gasteiger charge is -2.29. The van der Waals surface area contributed by atoms with E-state index in [0.717, 1.165) is 33.9 Å². The van der Waals surface area contributed by atoms with Gasteiger partial charge in [0, 0.05) is 47.8 Å². The van der Waals surface area contributed by atoms with Crippen molar-refractivity contribution in [2.45, 2.75) is 0 Å². The maximum Gasteiger partial charge on any atom is 0.0555 e. The molecule has 12 aromatic rings.